The molecule has 0 atom stereocenters. The summed E-state index contributed by atoms with van der Waals surface area (Å²) in [4.78, 5) is 11.0. The maximum atomic E-state index is 11.0. The number of benzene rings is 3. The van der Waals surface area contributed by atoms with Gasteiger partial charge in [0.25, 0.3) is 0 Å². The third-order valence-electron chi connectivity index (χ3n) is 4.17. The molecule has 6 nitrogen and oxygen atoms in total. The molecule has 0 heterocycles. The number of carbonyl (C=O) groups is 1. The van der Waals surface area contributed by atoms with Crippen molar-refractivity contribution in [3.05, 3.63) is 85.9 Å². The topological polar surface area (TPSA) is 83.0 Å². The molecule has 3 aromatic carbocycles. The van der Waals surface area contributed by atoms with Gasteiger partial charge in [0.05, 0.1) is 28.0 Å². The highest BCUT2D eigenvalue weighted by Crippen LogP contribution is 2.35. The highest BCUT2D eigenvalue weighted by atomic mass is 127. The van der Waals surface area contributed by atoms with Gasteiger partial charge in [0.1, 0.15) is 6.61 Å². The first kappa shape index (κ1) is 22.9. The van der Waals surface area contributed by atoms with Crippen LogP contribution in [0, 0.1) is 3.57 Å². The van der Waals surface area contributed by atoms with E-state index in [-0.39, 0.29) is 5.56 Å². The van der Waals surface area contributed by atoms with E-state index in [9.17, 15) is 9.90 Å². The number of carboxylic acid groups (broad SMARTS) is 1. The number of hydrogen-bond donors (Lipinski definition) is 1. The summed E-state index contributed by atoms with van der Waals surface area (Å²) in [7, 11) is 0. The van der Waals surface area contributed by atoms with Crippen LogP contribution in [0.15, 0.2) is 65.8 Å². The van der Waals surface area contributed by atoms with Crippen molar-refractivity contribution < 1.29 is 19.4 Å². The van der Waals surface area contributed by atoms with Crippen molar-refractivity contribution in [2.24, 2.45) is 5.10 Å². The zero-order valence-electron chi connectivity index (χ0n) is 16.6. The Morgan fingerprint density at radius 3 is 2.71 bits per heavy atom. The number of anilines is 1. The van der Waals surface area contributed by atoms with Crippen LogP contribution < -0.4 is 20.0 Å². The van der Waals surface area contributed by atoms with E-state index in [4.69, 9.17) is 21.1 Å². The highest BCUT2D eigenvalue weighted by molar-refractivity contribution is 14.1. The van der Waals surface area contributed by atoms with E-state index in [2.05, 4.69) is 33.1 Å². The average Bonchev–Trinajstić information content (AvgIpc) is 2.75. The van der Waals surface area contributed by atoms with E-state index in [1.165, 1.54) is 12.1 Å². The van der Waals surface area contributed by atoms with E-state index in [0.717, 1.165) is 14.7 Å². The zero-order valence-corrected chi connectivity index (χ0v) is 19.5. The predicted octanol–water partition coefficient (Wildman–Crippen LogP) is 4.73. The number of ether oxygens (including phenoxy) is 2. The van der Waals surface area contributed by atoms with Crippen molar-refractivity contribution in [3.8, 4) is 11.5 Å². The van der Waals surface area contributed by atoms with Gasteiger partial charge in [-0.15, -0.1) is 0 Å². The van der Waals surface area contributed by atoms with Crippen molar-refractivity contribution in [2.45, 2.75) is 13.5 Å². The number of hydrazone groups is 1. The predicted molar refractivity (Wildman–Crippen MR) is 128 cm³/mol. The van der Waals surface area contributed by atoms with Gasteiger partial charge in [0.15, 0.2) is 11.5 Å². The van der Waals surface area contributed by atoms with Crippen molar-refractivity contribution >= 4 is 52.1 Å². The molecular formula is C23H19ClIN2O4-. The van der Waals surface area contributed by atoms with Gasteiger partial charge in [-0.2, -0.15) is 5.10 Å². The van der Waals surface area contributed by atoms with E-state index in [0.29, 0.717) is 35.4 Å². The summed E-state index contributed by atoms with van der Waals surface area (Å²) >= 11 is 8.40. The van der Waals surface area contributed by atoms with Gasteiger partial charge >= 0.3 is 0 Å². The Hall–Kier alpha value is -2.78. The standard InChI is InChI=1S/C23H20ClIN2O4/c1-2-30-21-11-15(13-26-27-18-8-5-7-16(12-18)23(28)29)10-20(25)22(21)31-14-17-6-3-4-9-19(17)24/h3-13,27H,2,14H2,1H3,(H,28,29)/p-1. The molecule has 0 bridgehead atoms. The van der Waals surface area contributed by atoms with Crippen molar-refractivity contribution in [3.63, 3.8) is 0 Å². The number of carbonyl (C=O) groups excluding carboxylic acids is 1. The van der Waals surface area contributed by atoms with Crippen LogP contribution in [0.25, 0.3) is 0 Å². The van der Waals surface area contributed by atoms with Gasteiger partial charge in [-0.25, -0.2) is 0 Å². The molecule has 3 aromatic rings. The molecule has 0 fully saturated rings. The summed E-state index contributed by atoms with van der Waals surface area (Å²) in [6, 6.07) is 17.5. The number of aromatic carboxylic acids is 1. The molecule has 0 amide bonds. The second-order valence-electron chi connectivity index (χ2n) is 6.38. The number of rotatable bonds is 9. The van der Waals surface area contributed by atoms with Crippen LogP contribution in [0.4, 0.5) is 5.69 Å². The molecular weight excluding hydrogens is 531 g/mol. The number of nitrogens with one attached hydrogen (secondary N) is 1. The molecule has 160 valence electrons. The van der Waals surface area contributed by atoms with Crippen LogP contribution in [0.5, 0.6) is 11.5 Å². The van der Waals surface area contributed by atoms with Crippen molar-refractivity contribution in [2.75, 3.05) is 12.0 Å². The van der Waals surface area contributed by atoms with Crippen LogP contribution in [0.3, 0.4) is 0 Å². The quantitative estimate of drug-likeness (QED) is 0.237. The van der Waals surface area contributed by atoms with Gasteiger partial charge in [-0.1, -0.05) is 41.9 Å². The van der Waals surface area contributed by atoms with Gasteiger partial charge in [0, 0.05) is 10.6 Å². The SMILES string of the molecule is CCOc1cc(C=NNc2cccc(C(=O)[O-])c2)cc(I)c1OCc1ccccc1Cl. The van der Waals surface area contributed by atoms with Crippen LogP contribution in [0.2, 0.25) is 5.02 Å². The molecule has 0 unspecified atom stereocenters. The fraction of sp³-hybridized carbons (Fsp3) is 0.130. The lowest BCUT2D eigenvalue weighted by Gasteiger charge is -2.15. The summed E-state index contributed by atoms with van der Waals surface area (Å²) < 4.78 is 12.6. The number of carboxylic acids is 1. The highest BCUT2D eigenvalue weighted by Gasteiger charge is 2.13. The first-order valence-corrected chi connectivity index (χ1v) is 10.9. The Balaban J connectivity index is 1.76. The zero-order chi connectivity index (χ0) is 22.2. The summed E-state index contributed by atoms with van der Waals surface area (Å²) in [5.74, 6) is -0.00749. The Bertz CT molecular complexity index is 1100. The molecule has 3 rings (SSSR count). The minimum atomic E-state index is -1.24. The molecule has 0 aromatic heterocycles. The second-order valence-corrected chi connectivity index (χ2v) is 7.95. The Kier molecular flexibility index (Phi) is 8.13. The summed E-state index contributed by atoms with van der Waals surface area (Å²) in [5.41, 5.74) is 5.11. The summed E-state index contributed by atoms with van der Waals surface area (Å²) in [6.07, 6.45) is 1.62. The molecule has 0 spiro atoms. The van der Waals surface area contributed by atoms with E-state index in [1.807, 2.05) is 43.3 Å². The number of halogens is 2. The lowest BCUT2D eigenvalue weighted by Crippen LogP contribution is -2.22. The van der Waals surface area contributed by atoms with Gasteiger partial charge in [-0.05, 0) is 71.0 Å². The number of hydrogen-bond acceptors (Lipinski definition) is 6. The molecule has 31 heavy (non-hydrogen) atoms. The van der Waals surface area contributed by atoms with Gasteiger partial charge < -0.3 is 19.4 Å². The number of nitrogens with zero attached hydrogens (tertiary/aromatic N) is 1. The molecule has 0 saturated carbocycles. The molecule has 0 aliphatic rings. The Morgan fingerprint density at radius 2 is 1.97 bits per heavy atom. The lowest BCUT2D eigenvalue weighted by molar-refractivity contribution is -0.255. The molecule has 0 radical (unpaired) electrons. The average molecular weight is 550 g/mol. The largest absolute Gasteiger partial charge is 0.545 e. The second kappa shape index (κ2) is 11.0. The van der Waals surface area contributed by atoms with Crippen molar-refractivity contribution in [1.29, 1.82) is 0 Å². The minimum absolute atomic E-state index is 0.0772. The van der Waals surface area contributed by atoms with Crippen LogP contribution >= 0.6 is 34.2 Å². The molecule has 1 N–H and O–H groups in total. The monoisotopic (exact) mass is 549 g/mol. The fourth-order valence-corrected chi connectivity index (χ4v) is 3.70. The minimum Gasteiger partial charge on any atom is -0.545 e. The first-order valence-electron chi connectivity index (χ1n) is 9.41. The van der Waals surface area contributed by atoms with E-state index in [1.54, 1.807) is 18.3 Å². The van der Waals surface area contributed by atoms with Crippen molar-refractivity contribution in [1.82, 2.24) is 0 Å². The molecule has 0 saturated heterocycles. The summed E-state index contributed by atoms with van der Waals surface area (Å²) in [5, 5.41) is 15.8. The van der Waals surface area contributed by atoms with Crippen LogP contribution in [-0.2, 0) is 6.61 Å². The molecule has 0 aliphatic carbocycles. The first-order chi connectivity index (χ1) is 15.0. The smallest absolute Gasteiger partial charge is 0.175 e. The Labute approximate surface area is 199 Å². The lowest BCUT2D eigenvalue weighted by atomic mass is 10.2. The maximum absolute atomic E-state index is 11.0. The van der Waals surface area contributed by atoms with Gasteiger partial charge in [0.2, 0.25) is 0 Å². The Morgan fingerprint density at radius 1 is 1.16 bits per heavy atom. The molecule has 8 heteroatoms. The summed E-state index contributed by atoms with van der Waals surface area (Å²) in [6.45, 7) is 2.70. The third kappa shape index (κ3) is 6.35. The third-order valence-corrected chi connectivity index (χ3v) is 5.34. The normalized spacial score (nSPS) is 10.8. The fourth-order valence-electron chi connectivity index (χ4n) is 2.73. The van der Waals surface area contributed by atoms with Crippen LogP contribution in [-0.4, -0.2) is 18.8 Å². The van der Waals surface area contributed by atoms with E-state index < -0.39 is 5.97 Å². The van der Waals surface area contributed by atoms with Crippen LogP contribution in [0.1, 0.15) is 28.4 Å². The maximum Gasteiger partial charge on any atom is 0.175 e. The molecule has 0 aliphatic heterocycles. The van der Waals surface area contributed by atoms with Gasteiger partial charge in [-0.3, -0.25) is 5.43 Å². The van der Waals surface area contributed by atoms with E-state index >= 15 is 0 Å².